The first-order valence-electron chi connectivity index (χ1n) is 9.58. The maximum atomic E-state index is 12.9. The van der Waals surface area contributed by atoms with Crippen molar-refractivity contribution in [3.05, 3.63) is 52.8 Å². The van der Waals surface area contributed by atoms with E-state index in [-0.39, 0.29) is 12.4 Å². The maximum absolute atomic E-state index is 12.9. The fourth-order valence-electron chi connectivity index (χ4n) is 2.68. The molecule has 0 atom stereocenters. The maximum Gasteiger partial charge on any atom is 0.416 e. The van der Waals surface area contributed by atoms with Gasteiger partial charge in [-0.05, 0) is 38.5 Å². The van der Waals surface area contributed by atoms with Crippen LogP contribution in [0.25, 0.3) is 11.1 Å². The Kier molecular flexibility index (Phi) is 8.72. The molecule has 178 valence electrons. The fraction of sp³-hybridized carbons (Fsp3) is 0.333. The average molecular weight is 519 g/mol. The molecule has 0 amide bonds. The van der Waals surface area contributed by atoms with E-state index in [1.807, 2.05) is 6.92 Å². The third-order valence-corrected chi connectivity index (χ3v) is 6.81. The van der Waals surface area contributed by atoms with E-state index in [2.05, 4.69) is 20.3 Å². The van der Waals surface area contributed by atoms with Crippen LogP contribution in [0.15, 0.2) is 41.0 Å². The monoisotopic (exact) mass is 518 g/mol. The zero-order valence-electron chi connectivity index (χ0n) is 17.9. The largest absolute Gasteiger partial charge is 0.480 e. The number of carbonyl (C=O) groups is 1. The number of aromatic nitrogens is 3. The second-order valence-electron chi connectivity index (χ2n) is 7.45. The Hall–Kier alpha value is -2.37. The molecule has 2 heterocycles. The van der Waals surface area contributed by atoms with Crippen LogP contribution in [0.2, 0.25) is 0 Å². The topological polar surface area (TPSA) is 88.0 Å². The molecule has 0 bridgehead atoms. The number of nitrogens with zero attached hydrogens (tertiary/aromatic N) is 3. The number of benzene rings is 1. The molecule has 0 radical (unpaired) electrons. The van der Waals surface area contributed by atoms with Gasteiger partial charge in [0.15, 0.2) is 4.34 Å². The standard InChI is InChI=1S/C21H21F3N4O2S2.ClH/c1-12-16(28-19(31-12)32-20(2,3)17(29)30)7-8-25-18-26-10-14(11-27-18)13-5-4-6-15(9-13)21(22,23)24;/h4-6,9-11H,7-8H2,1-3H3,(H,29,30)(H,25,26,27);1H. The molecule has 1 aromatic carbocycles. The van der Waals surface area contributed by atoms with Gasteiger partial charge in [-0.1, -0.05) is 23.9 Å². The first-order chi connectivity index (χ1) is 15.0. The minimum absolute atomic E-state index is 0. The number of thiazole rings is 1. The van der Waals surface area contributed by atoms with Crippen molar-refractivity contribution in [1.82, 2.24) is 15.0 Å². The molecule has 33 heavy (non-hydrogen) atoms. The second kappa shape index (κ2) is 10.7. The van der Waals surface area contributed by atoms with Gasteiger partial charge in [-0.15, -0.1) is 23.7 Å². The van der Waals surface area contributed by atoms with Crippen LogP contribution < -0.4 is 5.32 Å². The van der Waals surface area contributed by atoms with Gasteiger partial charge in [-0.3, -0.25) is 4.79 Å². The molecule has 0 saturated heterocycles. The molecule has 0 saturated carbocycles. The van der Waals surface area contributed by atoms with Crippen molar-refractivity contribution in [2.75, 3.05) is 11.9 Å². The van der Waals surface area contributed by atoms with E-state index in [4.69, 9.17) is 0 Å². The molecular weight excluding hydrogens is 497 g/mol. The highest BCUT2D eigenvalue weighted by Gasteiger charge is 2.31. The lowest BCUT2D eigenvalue weighted by Crippen LogP contribution is -2.26. The summed E-state index contributed by atoms with van der Waals surface area (Å²) in [4.78, 5) is 25.2. The molecule has 2 N–H and O–H groups in total. The average Bonchev–Trinajstić information content (AvgIpc) is 3.06. The molecule has 12 heteroatoms. The van der Waals surface area contributed by atoms with Gasteiger partial charge in [0, 0.05) is 35.8 Å². The van der Waals surface area contributed by atoms with Crippen LogP contribution >= 0.6 is 35.5 Å². The summed E-state index contributed by atoms with van der Waals surface area (Å²) in [6, 6.07) is 5.02. The molecular formula is C21H22ClF3N4O2S2. The Labute approximate surface area is 203 Å². The van der Waals surface area contributed by atoms with Crippen LogP contribution in [0.5, 0.6) is 0 Å². The van der Waals surface area contributed by atoms with Gasteiger partial charge in [0.1, 0.15) is 4.75 Å². The third kappa shape index (κ3) is 7.05. The number of carboxylic acids is 1. The van der Waals surface area contributed by atoms with Crippen LogP contribution in [0.4, 0.5) is 19.1 Å². The van der Waals surface area contributed by atoms with Crippen LogP contribution in [0.3, 0.4) is 0 Å². The quantitative estimate of drug-likeness (QED) is 0.356. The smallest absolute Gasteiger partial charge is 0.416 e. The number of carboxylic acid groups (broad SMARTS) is 1. The highest BCUT2D eigenvalue weighted by molar-refractivity contribution is 8.03. The molecule has 2 aromatic heterocycles. The van der Waals surface area contributed by atoms with Crippen molar-refractivity contribution in [2.24, 2.45) is 0 Å². The van der Waals surface area contributed by atoms with Crippen LogP contribution in [-0.4, -0.2) is 37.3 Å². The summed E-state index contributed by atoms with van der Waals surface area (Å²) in [5, 5.41) is 12.3. The number of aliphatic carboxylic acids is 1. The van der Waals surface area contributed by atoms with Gasteiger partial charge in [-0.25, -0.2) is 15.0 Å². The van der Waals surface area contributed by atoms with E-state index < -0.39 is 22.5 Å². The number of anilines is 1. The predicted octanol–water partition coefficient (Wildman–Crippen LogP) is 5.96. The van der Waals surface area contributed by atoms with Crippen LogP contribution in [0.1, 0.15) is 30.0 Å². The predicted molar refractivity (Wildman–Crippen MR) is 126 cm³/mol. The SMILES string of the molecule is Cc1sc(SC(C)(C)C(=O)O)nc1CCNc1ncc(-c2cccc(C(F)(F)F)c2)cn1.Cl. The van der Waals surface area contributed by atoms with Gasteiger partial charge < -0.3 is 10.4 Å². The summed E-state index contributed by atoms with van der Waals surface area (Å²) < 4.78 is 38.4. The summed E-state index contributed by atoms with van der Waals surface area (Å²) in [5.74, 6) is -0.542. The minimum Gasteiger partial charge on any atom is -0.480 e. The molecule has 0 aliphatic carbocycles. The van der Waals surface area contributed by atoms with Crippen LogP contribution in [-0.2, 0) is 17.4 Å². The van der Waals surface area contributed by atoms with E-state index >= 15 is 0 Å². The minimum atomic E-state index is -4.41. The molecule has 0 unspecified atom stereocenters. The van der Waals surface area contributed by atoms with E-state index in [0.29, 0.717) is 34.4 Å². The molecule has 0 fully saturated rings. The van der Waals surface area contributed by atoms with Gasteiger partial charge in [-0.2, -0.15) is 13.2 Å². The lowest BCUT2D eigenvalue weighted by atomic mass is 10.1. The molecule has 3 aromatic rings. The zero-order chi connectivity index (χ0) is 23.5. The van der Waals surface area contributed by atoms with Crippen molar-refractivity contribution in [3.8, 4) is 11.1 Å². The second-order valence-corrected chi connectivity index (χ2v) is 10.5. The number of alkyl halides is 3. The first kappa shape index (κ1) is 26.9. The first-order valence-corrected chi connectivity index (χ1v) is 11.2. The molecule has 0 aliphatic heterocycles. The Morgan fingerprint density at radius 2 is 1.85 bits per heavy atom. The van der Waals surface area contributed by atoms with Crippen molar-refractivity contribution in [1.29, 1.82) is 0 Å². The number of nitrogens with one attached hydrogen (secondary N) is 1. The number of hydrogen-bond donors (Lipinski definition) is 2. The number of rotatable bonds is 8. The van der Waals surface area contributed by atoms with Crippen molar-refractivity contribution < 1.29 is 23.1 Å². The normalized spacial score (nSPS) is 11.7. The Morgan fingerprint density at radius 1 is 1.18 bits per heavy atom. The number of halogens is 4. The Morgan fingerprint density at radius 3 is 2.45 bits per heavy atom. The molecule has 0 aliphatic rings. The molecule has 6 nitrogen and oxygen atoms in total. The summed E-state index contributed by atoms with van der Waals surface area (Å²) in [6.07, 6.45) is -0.869. The number of aryl methyl sites for hydroxylation is 1. The fourth-order valence-corrected chi connectivity index (χ4v) is 5.20. The Balaban J connectivity index is 0.00000385. The number of thioether (sulfide) groups is 1. The zero-order valence-corrected chi connectivity index (χ0v) is 20.4. The summed E-state index contributed by atoms with van der Waals surface area (Å²) in [7, 11) is 0. The van der Waals surface area contributed by atoms with E-state index in [0.717, 1.165) is 22.7 Å². The Bertz CT molecular complexity index is 1110. The lowest BCUT2D eigenvalue weighted by molar-refractivity contribution is -0.139. The van der Waals surface area contributed by atoms with Crippen molar-refractivity contribution in [3.63, 3.8) is 0 Å². The van der Waals surface area contributed by atoms with Gasteiger partial charge in [0.05, 0.1) is 11.3 Å². The molecule has 0 spiro atoms. The van der Waals surface area contributed by atoms with E-state index in [1.54, 1.807) is 19.9 Å². The van der Waals surface area contributed by atoms with Gasteiger partial charge in [0.2, 0.25) is 5.95 Å². The summed E-state index contributed by atoms with van der Waals surface area (Å²) in [5.41, 5.74) is 1.02. The van der Waals surface area contributed by atoms with Crippen molar-refractivity contribution >= 4 is 47.4 Å². The van der Waals surface area contributed by atoms with Crippen LogP contribution in [0, 0.1) is 6.92 Å². The lowest BCUT2D eigenvalue weighted by Gasteiger charge is -2.15. The van der Waals surface area contributed by atoms with Gasteiger partial charge in [0.25, 0.3) is 0 Å². The molecule has 3 rings (SSSR count). The van der Waals surface area contributed by atoms with Gasteiger partial charge >= 0.3 is 12.1 Å². The third-order valence-electron chi connectivity index (χ3n) is 4.55. The summed E-state index contributed by atoms with van der Waals surface area (Å²) in [6.45, 7) is 5.71. The highest BCUT2D eigenvalue weighted by atomic mass is 35.5. The highest BCUT2D eigenvalue weighted by Crippen LogP contribution is 2.36. The summed E-state index contributed by atoms with van der Waals surface area (Å²) >= 11 is 2.67. The number of hydrogen-bond acceptors (Lipinski definition) is 7. The van der Waals surface area contributed by atoms with E-state index in [9.17, 15) is 23.1 Å². The van der Waals surface area contributed by atoms with E-state index in [1.165, 1.54) is 41.6 Å². The van der Waals surface area contributed by atoms with Crippen molar-refractivity contribution in [2.45, 2.75) is 42.5 Å².